The van der Waals surface area contributed by atoms with E-state index in [0.29, 0.717) is 12.1 Å². The average molecular weight is 283 g/mol. The van der Waals surface area contributed by atoms with E-state index in [-0.39, 0.29) is 0 Å². The number of para-hydroxylation sites is 1. The van der Waals surface area contributed by atoms with Gasteiger partial charge in [0, 0.05) is 23.7 Å². The van der Waals surface area contributed by atoms with Gasteiger partial charge in [-0.2, -0.15) is 0 Å². The maximum atomic E-state index is 4.53. The van der Waals surface area contributed by atoms with Crippen molar-refractivity contribution < 1.29 is 0 Å². The molecular formula is C18H25N3. The predicted octanol–water partition coefficient (Wildman–Crippen LogP) is 2.85. The predicted molar refractivity (Wildman–Crippen MR) is 88.6 cm³/mol. The highest BCUT2D eigenvalue weighted by Crippen LogP contribution is 2.17. The molecule has 1 aromatic heterocycles. The highest BCUT2D eigenvalue weighted by Gasteiger charge is 2.21. The van der Waals surface area contributed by atoms with Gasteiger partial charge in [0.15, 0.2) is 0 Å². The van der Waals surface area contributed by atoms with Gasteiger partial charge in [-0.15, -0.1) is 0 Å². The van der Waals surface area contributed by atoms with Crippen LogP contribution in [-0.4, -0.2) is 42.1 Å². The molecule has 2 aromatic rings. The molecule has 0 saturated carbocycles. The Bertz CT molecular complexity index is 591. The van der Waals surface area contributed by atoms with Gasteiger partial charge in [0.05, 0.1) is 5.52 Å². The second kappa shape index (κ2) is 6.54. The summed E-state index contributed by atoms with van der Waals surface area (Å²) in [5.41, 5.74) is 2.50. The zero-order chi connectivity index (χ0) is 14.7. The number of rotatable bonds is 4. The van der Waals surface area contributed by atoms with Gasteiger partial charge in [-0.25, -0.2) is 0 Å². The third-order valence-electron chi connectivity index (χ3n) is 4.75. The van der Waals surface area contributed by atoms with E-state index in [2.05, 4.69) is 53.4 Å². The first-order valence-corrected chi connectivity index (χ1v) is 8.00. The van der Waals surface area contributed by atoms with E-state index < -0.39 is 0 Å². The van der Waals surface area contributed by atoms with Gasteiger partial charge in [0.2, 0.25) is 0 Å². The maximum absolute atomic E-state index is 4.53. The molecule has 0 spiro atoms. The van der Waals surface area contributed by atoms with Crippen LogP contribution in [0.2, 0.25) is 0 Å². The maximum Gasteiger partial charge on any atom is 0.0734 e. The number of fused-ring (bicyclic) bond motifs is 1. The fraction of sp³-hybridized carbons (Fsp3) is 0.500. The summed E-state index contributed by atoms with van der Waals surface area (Å²) < 4.78 is 0. The largest absolute Gasteiger partial charge is 0.314 e. The van der Waals surface area contributed by atoms with Crippen molar-refractivity contribution >= 4 is 10.9 Å². The molecule has 2 atom stereocenters. The van der Waals surface area contributed by atoms with Crippen LogP contribution in [0.4, 0.5) is 0 Å². The van der Waals surface area contributed by atoms with Crippen LogP contribution in [0.5, 0.6) is 0 Å². The number of piperidine rings is 1. The molecule has 0 aliphatic carbocycles. The van der Waals surface area contributed by atoms with Crippen molar-refractivity contribution in [1.82, 2.24) is 15.2 Å². The summed E-state index contributed by atoms with van der Waals surface area (Å²) >= 11 is 0. The van der Waals surface area contributed by atoms with Crippen LogP contribution in [0.3, 0.4) is 0 Å². The lowest BCUT2D eigenvalue weighted by Crippen LogP contribution is -2.46. The molecule has 1 aliphatic heterocycles. The number of hydrogen-bond donors (Lipinski definition) is 1. The number of nitrogens with zero attached hydrogens (tertiary/aromatic N) is 2. The van der Waals surface area contributed by atoms with E-state index in [0.717, 1.165) is 18.5 Å². The molecule has 2 unspecified atom stereocenters. The molecule has 0 radical (unpaired) electrons. The van der Waals surface area contributed by atoms with Crippen molar-refractivity contribution in [2.75, 3.05) is 20.1 Å². The molecular weight excluding hydrogens is 258 g/mol. The van der Waals surface area contributed by atoms with Crippen molar-refractivity contribution in [2.24, 2.45) is 0 Å². The summed E-state index contributed by atoms with van der Waals surface area (Å²) in [5, 5.41) is 4.97. The average Bonchev–Trinajstić information content (AvgIpc) is 2.51. The number of pyridine rings is 1. The standard InChI is InChI=1S/C18H25N3/c1-14-13-17(9-12-21(14)2)19-11-8-16-6-3-5-15-7-4-10-20-18(15)16/h3-7,10,14,17,19H,8-9,11-13H2,1-2H3. The Balaban J connectivity index is 1.57. The smallest absolute Gasteiger partial charge is 0.0734 e. The molecule has 1 aliphatic rings. The second-order valence-electron chi connectivity index (χ2n) is 6.25. The zero-order valence-electron chi connectivity index (χ0n) is 13.0. The number of benzene rings is 1. The van der Waals surface area contributed by atoms with Crippen LogP contribution in [0, 0.1) is 0 Å². The van der Waals surface area contributed by atoms with Crippen molar-refractivity contribution in [3.8, 4) is 0 Å². The molecule has 21 heavy (non-hydrogen) atoms. The fourth-order valence-corrected chi connectivity index (χ4v) is 3.25. The molecule has 3 rings (SSSR count). The van der Waals surface area contributed by atoms with Gasteiger partial charge in [-0.1, -0.05) is 24.3 Å². The number of aromatic nitrogens is 1. The third-order valence-corrected chi connectivity index (χ3v) is 4.75. The van der Waals surface area contributed by atoms with Gasteiger partial charge in [0.25, 0.3) is 0 Å². The van der Waals surface area contributed by atoms with Gasteiger partial charge in [0.1, 0.15) is 0 Å². The second-order valence-corrected chi connectivity index (χ2v) is 6.25. The Labute approximate surface area is 127 Å². The normalized spacial score (nSPS) is 23.5. The number of likely N-dealkylation sites (tertiary alicyclic amines) is 1. The highest BCUT2D eigenvalue weighted by atomic mass is 15.1. The summed E-state index contributed by atoms with van der Waals surface area (Å²) in [6.07, 6.45) is 5.45. The van der Waals surface area contributed by atoms with Crippen molar-refractivity contribution in [3.63, 3.8) is 0 Å². The van der Waals surface area contributed by atoms with Gasteiger partial charge in [-0.3, -0.25) is 4.98 Å². The molecule has 2 heterocycles. The van der Waals surface area contributed by atoms with Crippen LogP contribution in [0.15, 0.2) is 36.5 Å². The minimum Gasteiger partial charge on any atom is -0.314 e. The third kappa shape index (κ3) is 3.42. The molecule has 1 fully saturated rings. The molecule has 3 heteroatoms. The van der Waals surface area contributed by atoms with E-state index in [9.17, 15) is 0 Å². The van der Waals surface area contributed by atoms with Crippen LogP contribution in [0.1, 0.15) is 25.3 Å². The van der Waals surface area contributed by atoms with Gasteiger partial charge >= 0.3 is 0 Å². The van der Waals surface area contributed by atoms with E-state index in [1.54, 1.807) is 0 Å². The molecule has 112 valence electrons. The first-order chi connectivity index (χ1) is 10.2. The lowest BCUT2D eigenvalue weighted by Gasteiger charge is -2.35. The Kier molecular flexibility index (Phi) is 4.51. The summed E-state index contributed by atoms with van der Waals surface area (Å²) in [4.78, 5) is 6.99. The van der Waals surface area contributed by atoms with E-state index in [1.807, 2.05) is 12.3 Å². The van der Waals surface area contributed by atoms with E-state index in [4.69, 9.17) is 0 Å². The lowest BCUT2D eigenvalue weighted by molar-refractivity contribution is 0.169. The highest BCUT2D eigenvalue weighted by molar-refractivity contribution is 5.81. The Morgan fingerprint density at radius 2 is 2.14 bits per heavy atom. The fourth-order valence-electron chi connectivity index (χ4n) is 3.25. The Hall–Kier alpha value is -1.45. The molecule has 0 bridgehead atoms. The number of hydrogen-bond acceptors (Lipinski definition) is 3. The first-order valence-electron chi connectivity index (χ1n) is 8.00. The van der Waals surface area contributed by atoms with Crippen molar-refractivity contribution in [3.05, 3.63) is 42.1 Å². The van der Waals surface area contributed by atoms with Gasteiger partial charge in [-0.05, 0) is 58.0 Å². The van der Waals surface area contributed by atoms with Gasteiger partial charge < -0.3 is 10.2 Å². The van der Waals surface area contributed by atoms with Crippen LogP contribution < -0.4 is 5.32 Å². The summed E-state index contributed by atoms with van der Waals surface area (Å²) in [6, 6.07) is 12.0. The monoisotopic (exact) mass is 283 g/mol. The van der Waals surface area contributed by atoms with Crippen LogP contribution in [-0.2, 0) is 6.42 Å². The van der Waals surface area contributed by atoms with E-state index in [1.165, 1.54) is 30.3 Å². The van der Waals surface area contributed by atoms with Crippen LogP contribution in [0.25, 0.3) is 10.9 Å². The van der Waals surface area contributed by atoms with Crippen molar-refractivity contribution in [1.29, 1.82) is 0 Å². The summed E-state index contributed by atoms with van der Waals surface area (Å²) in [7, 11) is 2.22. The molecule has 0 amide bonds. The Morgan fingerprint density at radius 1 is 1.29 bits per heavy atom. The molecule has 1 N–H and O–H groups in total. The molecule has 3 nitrogen and oxygen atoms in total. The van der Waals surface area contributed by atoms with E-state index >= 15 is 0 Å². The molecule has 1 aromatic carbocycles. The number of nitrogens with one attached hydrogen (secondary N) is 1. The molecule has 1 saturated heterocycles. The Morgan fingerprint density at radius 3 is 3.00 bits per heavy atom. The lowest BCUT2D eigenvalue weighted by atomic mass is 9.98. The zero-order valence-corrected chi connectivity index (χ0v) is 13.0. The minimum atomic E-state index is 0.666. The SMILES string of the molecule is CC1CC(NCCc2cccc3cccnc23)CCN1C. The van der Waals surface area contributed by atoms with Crippen molar-refractivity contribution in [2.45, 2.75) is 38.3 Å². The quantitative estimate of drug-likeness (QED) is 0.935. The van der Waals surface area contributed by atoms with Crippen LogP contribution >= 0.6 is 0 Å². The topological polar surface area (TPSA) is 28.2 Å². The summed E-state index contributed by atoms with van der Waals surface area (Å²) in [5.74, 6) is 0. The summed E-state index contributed by atoms with van der Waals surface area (Å²) in [6.45, 7) is 4.56. The first kappa shape index (κ1) is 14.5. The minimum absolute atomic E-state index is 0.666.